The molecule has 1 aromatic heterocycles. The molecule has 1 fully saturated rings. The third-order valence-electron chi connectivity index (χ3n) is 4.17. The van der Waals surface area contributed by atoms with Gasteiger partial charge in [-0.25, -0.2) is 9.98 Å². The Morgan fingerprint density at radius 1 is 1.42 bits per heavy atom. The number of fused-ring (bicyclic) bond motifs is 1. The second-order valence-corrected chi connectivity index (χ2v) is 7.70. The molecule has 138 valence electrons. The number of methoxy groups -OCH3 is 1. The molecule has 1 amide bonds. The Morgan fingerprint density at radius 3 is 2.96 bits per heavy atom. The van der Waals surface area contributed by atoms with Gasteiger partial charge >= 0.3 is 0 Å². The van der Waals surface area contributed by atoms with Crippen LogP contribution in [0.1, 0.15) is 25.8 Å². The number of carbonyl (C=O) groups excluding carboxylic acids is 1. The van der Waals surface area contributed by atoms with E-state index < -0.39 is 0 Å². The molecule has 6 nitrogen and oxygen atoms in total. The number of amides is 1. The minimum absolute atomic E-state index is 0.0171. The molecule has 0 unspecified atom stereocenters. The number of guanidine groups is 1. The molecule has 1 aromatic carbocycles. The van der Waals surface area contributed by atoms with Crippen LogP contribution in [0.5, 0.6) is 0 Å². The van der Waals surface area contributed by atoms with E-state index in [0.29, 0.717) is 24.2 Å². The smallest absolute Gasteiger partial charge is 0.276 e. The maximum absolute atomic E-state index is 12.6. The third kappa shape index (κ3) is 4.11. The number of aliphatic imine (C=N–C) groups is 1. The normalized spacial score (nSPS) is 19.1. The van der Waals surface area contributed by atoms with Crippen molar-refractivity contribution in [2.45, 2.75) is 26.3 Å². The van der Waals surface area contributed by atoms with Gasteiger partial charge in [0.2, 0.25) is 5.96 Å². The summed E-state index contributed by atoms with van der Waals surface area (Å²) in [6, 6.07) is 6.01. The second-order valence-electron chi connectivity index (χ2n) is 6.82. The first-order valence-electron chi connectivity index (χ1n) is 8.64. The van der Waals surface area contributed by atoms with Crippen molar-refractivity contribution in [3.63, 3.8) is 0 Å². The highest BCUT2D eigenvalue weighted by Gasteiger charge is 2.29. The van der Waals surface area contributed by atoms with Crippen LogP contribution in [-0.4, -0.2) is 48.6 Å². The van der Waals surface area contributed by atoms with Crippen molar-refractivity contribution in [1.82, 2.24) is 15.2 Å². The molecule has 2 aromatic rings. The van der Waals surface area contributed by atoms with Crippen molar-refractivity contribution in [3.8, 4) is 0 Å². The van der Waals surface area contributed by atoms with Crippen molar-refractivity contribution < 1.29 is 9.53 Å². The van der Waals surface area contributed by atoms with E-state index in [-0.39, 0.29) is 11.9 Å². The van der Waals surface area contributed by atoms with Crippen LogP contribution in [0.15, 0.2) is 34.4 Å². The van der Waals surface area contributed by atoms with Gasteiger partial charge in [-0.15, -0.1) is 11.3 Å². The lowest BCUT2D eigenvalue weighted by molar-refractivity contribution is -0.121. The molecule has 26 heavy (non-hydrogen) atoms. The number of nitrogens with one attached hydrogen (secondary N) is 1. The zero-order chi connectivity index (χ0) is 18.7. The number of hydrogen-bond donors (Lipinski definition) is 1. The lowest BCUT2D eigenvalue weighted by atomic mass is 10.1. The van der Waals surface area contributed by atoms with Gasteiger partial charge in [0, 0.05) is 14.2 Å². The van der Waals surface area contributed by atoms with Crippen LogP contribution in [0, 0.1) is 5.92 Å². The molecule has 2 heterocycles. The Labute approximate surface area is 157 Å². The summed E-state index contributed by atoms with van der Waals surface area (Å²) in [5.74, 6) is 0.975. The zero-order valence-corrected chi connectivity index (χ0v) is 16.3. The summed E-state index contributed by atoms with van der Waals surface area (Å²) >= 11 is 1.60. The largest absolute Gasteiger partial charge is 0.382 e. The fraction of sp³-hybridized carbons (Fsp3) is 0.421. The summed E-state index contributed by atoms with van der Waals surface area (Å²) in [5, 5.41) is 3.16. The van der Waals surface area contributed by atoms with Crippen LogP contribution in [0.3, 0.4) is 0 Å². The van der Waals surface area contributed by atoms with Gasteiger partial charge in [0.1, 0.15) is 5.70 Å². The van der Waals surface area contributed by atoms with Crippen LogP contribution in [0.25, 0.3) is 16.3 Å². The molecule has 0 spiro atoms. The molecular formula is C19H24N4O2S. The third-order valence-corrected chi connectivity index (χ3v) is 4.98. The van der Waals surface area contributed by atoms with E-state index in [1.807, 2.05) is 29.8 Å². The maximum Gasteiger partial charge on any atom is 0.276 e. The van der Waals surface area contributed by atoms with E-state index >= 15 is 0 Å². The van der Waals surface area contributed by atoms with E-state index in [1.165, 1.54) is 0 Å². The van der Waals surface area contributed by atoms with Crippen LogP contribution >= 0.6 is 11.3 Å². The summed E-state index contributed by atoms with van der Waals surface area (Å²) in [4.78, 5) is 23.1. The van der Waals surface area contributed by atoms with Crippen molar-refractivity contribution >= 4 is 39.5 Å². The van der Waals surface area contributed by atoms with Gasteiger partial charge in [-0.3, -0.25) is 9.69 Å². The van der Waals surface area contributed by atoms with Crippen LogP contribution < -0.4 is 5.32 Å². The lowest BCUT2D eigenvalue weighted by Gasteiger charge is -2.16. The minimum Gasteiger partial charge on any atom is -0.382 e. The number of nitrogens with zero attached hydrogens (tertiary/aromatic N) is 3. The number of benzene rings is 1. The number of rotatable bonds is 6. The Balaban J connectivity index is 1.83. The van der Waals surface area contributed by atoms with E-state index in [0.717, 1.165) is 22.2 Å². The number of hydrogen-bond acceptors (Lipinski definition) is 5. The van der Waals surface area contributed by atoms with E-state index in [4.69, 9.17) is 9.73 Å². The quantitative estimate of drug-likeness (QED) is 0.791. The van der Waals surface area contributed by atoms with Crippen LogP contribution in [0.4, 0.5) is 0 Å². The summed E-state index contributed by atoms with van der Waals surface area (Å²) in [6.45, 7) is 4.84. The van der Waals surface area contributed by atoms with Gasteiger partial charge < -0.3 is 10.1 Å². The first kappa shape index (κ1) is 18.5. The second kappa shape index (κ2) is 7.97. The molecule has 0 bridgehead atoms. The van der Waals surface area contributed by atoms with Gasteiger partial charge in [0.25, 0.3) is 5.91 Å². The van der Waals surface area contributed by atoms with E-state index in [2.05, 4.69) is 24.1 Å². The molecule has 3 rings (SSSR count). The first-order chi connectivity index (χ1) is 12.5. The van der Waals surface area contributed by atoms with Gasteiger partial charge in [-0.1, -0.05) is 19.9 Å². The number of ether oxygens (including phenoxy) is 1. The topological polar surface area (TPSA) is 66.8 Å². The zero-order valence-electron chi connectivity index (χ0n) is 15.5. The summed E-state index contributed by atoms with van der Waals surface area (Å²) in [6.07, 6.45) is 2.74. The molecule has 7 heteroatoms. The first-order valence-corrected chi connectivity index (χ1v) is 9.52. The highest BCUT2D eigenvalue weighted by molar-refractivity contribution is 7.16. The average Bonchev–Trinajstić information content (AvgIpc) is 3.15. The molecule has 1 aliphatic rings. The van der Waals surface area contributed by atoms with E-state index in [9.17, 15) is 4.79 Å². The predicted octanol–water partition coefficient (Wildman–Crippen LogP) is 3.12. The monoisotopic (exact) mass is 372 g/mol. The maximum atomic E-state index is 12.6. The van der Waals surface area contributed by atoms with Crippen molar-refractivity contribution in [3.05, 3.63) is 35.0 Å². The van der Waals surface area contributed by atoms with E-state index in [1.54, 1.807) is 30.4 Å². The molecule has 1 atom stereocenters. The standard InChI is InChI=1S/C19H24N4O2S/c1-12(2)7-14(10-25-4)21-19-22-16(18(24)23(19)3)9-13-5-6-17-15(8-13)20-11-26-17/h5-6,8-9,11-12,14H,7,10H2,1-4H3,(H,21,22)/b16-9-/t14-/m1/s1. The van der Waals surface area contributed by atoms with Gasteiger partial charge in [-0.05, 0) is 36.1 Å². The molecule has 1 saturated heterocycles. The number of likely N-dealkylation sites (N-methyl/N-ethyl adjacent to an activating group) is 1. The molecule has 1 N–H and O–H groups in total. The van der Waals surface area contributed by atoms with Gasteiger partial charge in [-0.2, -0.15) is 0 Å². The van der Waals surface area contributed by atoms with Crippen molar-refractivity contribution in [1.29, 1.82) is 0 Å². The highest BCUT2D eigenvalue weighted by atomic mass is 32.1. The fourth-order valence-corrected chi connectivity index (χ4v) is 3.61. The summed E-state index contributed by atoms with van der Waals surface area (Å²) < 4.78 is 6.41. The Kier molecular flexibility index (Phi) is 5.68. The van der Waals surface area contributed by atoms with Crippen LogP contribution in [-0.2, 0) is 9.53 Å². The van der Waals surface area contributed by atoms with Gasteiger partial charge in [0.15, 0.2) is 0 Å². The highest BCUT2D eigenvalue weighted by Crippen LogP contribution is 2.21. The van der Waals surface area contributed by atoms with Crippen molar-refractivity contribution in [2.75, 3.05) is 20.8 Å². The Morgan fingerprint density at radius 2 is 2.23 bits per heavy atom. The van der Waals surface area contributed by atoms with Gasteiger partial charge in [0.05, 0.1) is 28.4 Å². The Hall–Kier alpha value is -2.25. The predicted molar refractivity (Wildman–Crippen MR) is 106 cm³/mol. The van der Waals surface area contributed by atoms with Crippen molar-refractivity contribution in [2.24, 2.45) is 10.9 Å². The molecular weight excluding hydrogens is 348 g/mol. The Bertz CT molecular complexity index is 856. The number of carbonyl (C=O) groups is 1. The number of thiazole rings is 1. The fourth-order valence-electron chi connectivity index (χ4n) is 2.95. The molecule has 0 saturated carbocycles. The summed E-state index contributed by atoms with van der Waals surface area (Å²) in [5.41, 5.74) is 4.21. The molecule has 0 radical (unpaired) electrons. The molecule has 0 aliphatic carbocycles. The van der Waals surface area contributed by atoms with Crippen LogP contribution in [0.2, 0.25) is 0 Å². The lowest BCUT2D eigenvalue weighted by Crippen LogP contribution is -2.31. The molecule has 1 aliphatic heterocycles. The minimum atomic E-state index is -0.0946. The average molecular weight is 372 g/mol. The SMILES string of the molecule is COC[C@@H](CC(C)C)N=C1N/C(=C\c2ccc3scnc3c2)C(=O)N1C. The number of aromatic nitrogens is 1. The summed E-state index contributed by atoms with van der Waals surface area (Å²) in [7, 11) is 3.41.